The Labute approximate surface area is 76.1 Å². The van der Waals surface area contributed by atoms with Gasteiger partial charge >= 0.3 is 0 Å². The molecule has 64 valence electrons. The van der Waals surface area contributed by atoms with Gasteiger partial charge in [0.2, 0.25) is 0 Å². The summed E-state index contributed by atoms with van der Waals surface area (Å²) in [6.07, 6.45) is 0. The molecule has 0 aromatic heterocycles. The van der Waals surface area contributed by atoms with Crippen LogP contribution in [0.1, 0.15) is 6.92 Å². The minimum absolute atomic E-state index is 0.694. The van der Waals surface area contributed by atoms with Crippen LogP contribution in [-0.2, 0) is 0 Å². The van der Waals surface area contributed by atoms with E-state index in [-0.39, 0.29) is 0 Å². The third-order valence-corrected chi connectivity index (χ3v) is 1.30. The van der Waals surface area contributed by atoms with Crippen LogP contribution in [0.25, 0.3) is 0 Å². The summed E-state index contributed by atoms with van der Waals surface area (Å²) in [6.45, 7) is 7.28. The predicted molar refractivity (Wildman–Crippen MR) is 53.1 cm³/mol. The maximum atomic E-state index is 3.98. The summed E-state index contributed by atoms with van der Waals surface area (Å²) in [6, 6.07) is 0. The number of hydrogen-bond acceptors (Lipinski definition) is 1. The maximum absolute atomic E-state index is 3.98. The van der Waals surface area contributed by atoms with Crippen molar-refractivity contribution in [3.05, 3.63) is 11.1 Å². The van der Waals surface area contributed by atoms with Crippen LogP contribution in [0.5, 0.6) is 0 Å². The van der Waals surface area contributed by atoms with E-state index in [2.05, 4.69) is 38.1 Å². The lowest BCUT2D eigenvalue weighted by molar-refractivity contribution is 0.878. The van der Waals surface area contributed by atoms with Gasteiger partial charge in [0.05, 0.1) is 0 Å². The van der Waals surface area contributed by atoms with Crippen LogP contribution in [0, 0.1) is 0 Å². The zero-order chi connectivity index (χ0) is 8.69. The predicted octanol–water partition coefficient (Wildman–Crippen LogP) is 1.08. The van der Waals surface area contributed by atoms with E-state index >= 15 is 0 Å². The van der Waals surface area contributed by atoms with Crippen LogP contribution in [0.3, 0.4) is 0 Å². The van der Waals surface area contributed by atoms with Crippen molar-refractivity contribution in [1.82, 2.24) is 10.6 Å². The zero-order valence-corrected chi connectivity index (χ0v) is 8.53. The van der Waals surface area contributed by atoms with Gasteiger partial charge in [-0.2, -0.15) is 0 Å². The van der Waals surface area contributed by atoms with Gasteiger partial charge in [-0.15, -0.1) is 0 Å². The summed E-state index contributed by atoms with van der Waals surface area (Å²) in [4.78, 5) is 3.98. The van der Waals surface area contributed by atoms with Gasteiger partial charge < -0.3 is 10.6 Å². The molecule has 4 heteroatoms. The molecule has 0 unspecified atom stereocenters. The average Bonchev–Trinajstić information content (AvgIpc) is 1.97. The molecule has 0 fully saturated rings. The van der Waals surface area contributed by atoms with E-state index in [1.54, 1.807) is 7.05 Å². The van der Waals surface area contributed by atoms with Crippen LogP contribution in [0.4, 0.5) is 0 Å². The summed E-state index contributed by atoms with van der Waals surface area (Å²) in [7, 11) is 1.74. The van der Waals surface area contributed by atoms with Crippen LogP contribution < -0.4 is 10.6 Å². The molecule has 0 atom stereocenters. The van der Waals surface area contributed by atoms with Crippen molar-refractivity contribution in [2.45, 2.75) is 6.92 Å². The number of rotatable bonds is 3. The minimum atomic E-state index is 0.694. The van der Waals surface area contributed by atoms with Crippen LogP contribution in [0.15, 0.2) is 16.1 Å². The Morgan fingerprint density at radius 1 is 1.55 bits per heavy atom. The molecule has 0 aromatic rings. The standard InChI is InChI=1S/C7H14BrN3/c1-4-10-7(9-3)11-5-6(2)8/h2,4-5H2,1,3H3,(H2,9,10,11). The second-order valence-corrected chi connectivity index (χ2v) is 3.09. The van der Waals surface area contributed by atoms with Crippen molar-refractivity contribution in [3.8, 4) is 0 Å². The first-order chi connectivity index (χ1) is 5.20. The maximum Gasteiger partial charge on any atom is 0.191 e. The first-order valence-electron chi connectivity index (χ1n) is 3.48. The molecular weight excluding hydrogens is 206 g/mol. The van der Waals surface area contributed by atoms with Gasteiger partial charge in [0.15, 0.2) is 5.96 Å². The van der Waals surface area contributed by atoms with Gasteiger partial charge in [-0.05, 0) is 6.92 Å². The number of nitrogens with zero attached hydrogens (tertiary/aromatic N) is 1. The fourth-order valence-electron chi connectivity index (χ4n) is 0.568. The van der Waals surface area contributed by atoms with Gasteiger partial charge in [0.25, 0.3) is 0 Å². The van der Waals surface area contributed by atoms with Crippen molar-refractivity contribution in [2.24, 2.45) is 4.99 Å². The Balaban J connectivity index is 3.62. The van der Waals surface area contributed by atoms with Gasteiger partial charge in [-0.25, -0.2) is 0 Å². The third kappa shape index (κ3) is 5.91. The normalized spacial score (nSPS) is 11.0. The number of halogens is 1. The van der Waals surface area contributed by atoms with E-state index in [9.17, 15) is 0 Å². The van der Waals surface area contributed by atoms with Crippen LogP contribution in [0.2, 0.25) is 0 Å². The summed E-state index contributed by atoms with van der Waals surface area (Å²) in [5.74, 6) is 0.799. The fraction of sp³-hybridized carbons (Fsp3) is 0.571. The SMILES string of the molecule is C=C(Br)CNC(=NC)NCC. The highest BCUT2D eigenvalue weighted by atomic mass is 79.9. The monoisotopic (exact) mass is 219 g/mol. The topological polar surface area (TPSA) is 36.4 Å². The van der Waals surface area contributed by atoms with Crippen LogP contribution in [-0.4, -0.2) is 26.1 Å². The molecule has 0 amide bonds. The van der Waals surface area contributed by atoms with E-state index in [1.165, 1.54) is 0 Å². The smallest absolute Gasteiger partial charge is 0.191 e. The lowest BCUT2D eigenvalue weighted by atomic mass is 10.6. The second-order valence-electron chi connectivity index (χ2n) is 1.97. The molecule has 0 aliphatic heterocycles. The Morgan fingerprint density at radius 2 is 2.18 bits per heavy atom. The lowest BCUT2D eigenvalue weighted by Crippen LogP contribution is -2.37. The molecule has 0 rings (SSSR count). The largest absolute Gasteiger partial charge is 0.357 e. The molecule has 0 saturated carbocycles. The molecule has 3 nitrogen and oxygen atoms in total. The lowest BCUT2D eigenvalue weighted by Gasteiger charge is -2.08. The first kappa shape index (κ1) is 10.5. The molecule has 0 aliphatic carbocycles. The summed E-state index contributed by atoms with van der Waals surface area (Å²) >= 11 is 3.24. The Bertz CT molecular complexity index is 154. The van der Waals surface area contributed by atoms with Crippen molar-refractivity contribution in [2.75, 3.05) is 20.1 Å². The van der Waals surface area contributed by atoms with E-state index in [1.807, 2.05) is 6.92 Å². The van der Waals surface area contributed by atoms with Gasteiger partial charge in [0.1, 0.15) is 0 Å². The average molecular weight is 220 g/mol. The highest BCUT2D eigenvalue weighted by Crippen LogP contribution is 1.95. The molecule has 11 heavy (non-hydrogen) atoms. The van der Waals surface area contributed by atoms with Gasteiger partial charge in [-0.1, -0.05) is 22.5 Å². The van der Waals surface area contributed by atoms with E-state index < -0.39 is 0 Å². The molecule has 0 spiro atoms. The van der Waals surface area contributed by atoms with Crippen molar-refractivity contribution in [3.63, 3.8) is 0 Å². The Hall–Kier alpha value is -0.510. The highest BCUT2D eigenvalue weighted by molar-refractivity contribution is 9.11. The first-order valence-corrected chi connectivity index (χ1v) is 4.27. The summed E-state index contributed by atoms with van der Waals surface area (Å²) in [5.41, 5.74) is 0. The number of nitrogens with one attached hydrogen (secondary N) is 2. The quantitative estimate of drug-likeness (QED) is 0.551. The second kappa shape index (κ2) is 6.22. The molecule has 0 aliphatic rings. The number of hydrogen-bond donors (Lipinski definition) is 2. The molecular formula is C7H14BrN3. The van der Waals surface area contributed by atoms with Gasteiger partial charge in [-0.3, -0.25) is 4.99 Å². The minimum Gasteiger partial charge on any atom is -0.357 e. The molecule has 0 radical (unpaired) electrons. The number of guanidine groups is 1. The van der Waals surface area contributed by atoms with Crippen LogP contribution >= 0.6 is 15.9 Å². The van der Waals surface area contributed by atoms with E-state index in [0.29, 0.717) is 6.54 Å². The Morgan fingerprint density at radius 3 is 2.55 bits per heavy atom. The third-order valence-electron chi connectivity index (χ3n) is 1.02. The van der Waals surface area contributed by atoms with E-state index in [4.69, 9.17) is 0 Å². The Kier molecular flexibility index (Phi) is 5.93. The van der Waals surface area contributed by atoms with Gasteiger partial charge in [0, 0.05) is 24.6 Å². The van der Waals surface area contributed by atoms with Crippen molar-refractivity contribution < 1.29 is 0 Å². The molecule has 0 heterocycles. The summed E-state index contributed by atoms with van der Waals surface area (Å²) < 4.78 is 0.913. The molecule has 0 aromatic carbocycles. The highest BCUT2D eigenvalue weighted by Gasteiger charge is 1.93. The zero-order valence-electron chi connectivity index (χ0n) is 6.95. The molecule has 0 bridgehead atoms. The fourth-order valence-corrected chi connectivity index (χ4v) is 0.708. The van der Waals surface area contributed by atoms with E-state index in [0.717, 1.165) is 17.0 Å². The summed E-state index contributed by atoms with van der Waals surface area (Å²) in [5, 5.41) is 6.13. The number of aliphatic imine (C=N–C) groups is 1. The molecule has 2 N–H and O–H groups in total. The molecule has 0 saturated heterocycles. The van der Waals surface area contributed by atoms with Crippen molar-refractivity contribution >= 4 is 21.9 Å². The van der Waals surface area contributed by atoms with Crippen molar-refractivity contribution in [1.29, 1.82) is 0 Å².